The van der Waals surface area contributed by atoms with Crippen LogP contribution in [0, 0.1) is 0 Å². The number of guanidine groups is 1. The molecule has 0 atom stereocenters. The number of halogens is 2. The number of hydrogen-bond acceptors (Lipinski definition) is 2. The van der Waals surface area contributed by atoms with E-state index in [4.69, 9.17) is 16.3 Å². The van der Waals surface area contributed by atoms with Crippen molar-refractivity contribution in [1.29, 1.82) is 0 Å². The van der Waals surface area contributed by atoms with E-state index in [9.17, 15) is 0 Å². The van der Waals surface area contributed by atoms with E-state index in [1.54, 1.807) is 7.05 Å². The highest BCUT2D eigenvalue weighted by molar-refractivity contribution is 14.0. The van der Waals surface area contributed by atoms with Crippen LogP contribution in [0.5, 0.6) is 5.75 Å². The average Bonchev–Trinajstić information content (AvgIpc) is 2.34. The van der Waals surface area contributed by atoms with Gasteiger partial charge in [0.25, 0.3) is 0 Å². The van der Waals surface area contributed by atoms with Crippen molar-refractivity contribution in [3.63, 3.8) is 0 Å². The summed E-state index contributed by atoms with van der Waals surface area (Å²) in [6.07, 6.45) is 0. The quantitative estimate of drug-likeness (QED) is 0.348. The molecule has 0 saturated heterocycles. The molecule has 1 aromatic carbocycles. The number of ether oxygens (including phenoxy) is 1. The molecule has 0 aliphatic rings. The molecule has 19 heavy (non-hydrogen) atoms. The number of hydrogen-bond donors (Lipinski definition) is 2. The summed E-state index contributed by atoms with van der Waals surface area (Å²) in [4.78, 5) is 4.10. The van der Waals surface area contributed by atoms with Crippen LogP contribution in [0.4, 0.5) is 0 Å². The second-order valence-corrected chi connectivity index (χ2v) is 4.48. The SMILES string of the molecule is CN=C(NCCOc1ccccc1Cl)NC(C)C.I. The molecule has 1 aromatic rings. The summed E-state index contributed by atoms with van der Waals surface area (Å²) in [5, 5.41) is 6.99. The predicted octanol–water partition coefficient (Wildman–Crippen LogP) is 2.91. The van der Waals surface area contributed by atoms with Gasteiger partial charge in [-0.2, -0.15) is 0 Å². The molecule has 6 heteroatoms. The van der Waals surface area contributed by atoms with E-state index in [0.717, 1.165) is 5.96 Å². The topological polar surface area (TPSA) is 45.7 Å². The van der Waals surface area contributed by atoms with Gasteiger partial charge in [-0.1, -0.05) is 23.7 Å². The van der Waals surface area contributed by atoms with Gasteiger partial charge in [-0.25, -0.2) is 0 Å². The number of para-hydroxylation sites is 1. The minimum Gasteiger partial charge on any atom is -0.490 e. The molecular formula is C13H21ClIN3O. The van der Waals surface area contributed by atoms with E-state index in [2.05, 4.69) is 29.5 Å². The molecule has 4 nitrogen and oxygen atoms in total. The molecule has 0 bridgehead atoms. The molecule has 0 aliphatic heterocycles. The maximum absolute atomic E-state index is 5.98. The highest BCUT2D eigenvalue weighted by atomic mass is 127. The van der Waals surface area contributed by atoms with Crippen LogP contribution < -0.4 is 15.4 Å². The summed E-state index contributed by atoms with van der Waals surface area (Å²) in [6, 6.07) is 7.78. The van der Waals surface area contributed by atoms with Gasteiger partial charge in [0, 0.05) is 13.1 Å². The monoisotopic (exact) mass is 397 g/mol. The van der Waals surface area contributed by atoms with Crippen LogP contribution in [-0.2, 0) is 0 Å². The molecule has 0 unspecified atom stereocenters. The van der Waals surface area contributed by atoms with Crippen LogP contribution in [0.3, 0.4) is 0 Å². The number of nitrogens with one attached hydrogen (secondary N) is 2. The molecule has 0 radical (unpaired) electrons. The van der Waals surface area contributed by atoms with E-state index in [-0.39, 0.29) is 24.0 Å². The smallest absolute Gasteiger partial charge is 0.191 e. The molecule has 108 valence electrons. The van der Waals surface area contributed by atoms with Crippen molar-refractivity contribution in [1.82, 2.24) is 10.6 Å². The molecule has 1 rings (SSSR count). The summed E-state index contributed by atoms with van der Waals surface area (Å²) < 4.78 is 5.56. The first kappa shape index (κ1) is 18.3. The van der Waals surface area contributed by atoms with Gasteiger partial charge in [0.2, 0.25) is 0 Å². The highest BCUT2D eigenvalue weighted by Crippen LogP contribution is 2.22. The largest absolute Gasteiger partial charge is 0.490 e. The van der Waals surface area contributed by atoms with Gasteiger partial charge in [0.15, 0.2) is 5.96 Å². The van der Waals surface area contributed by atoms with Crippen molar-refractivity contribution in [3.05, 3.63) is 29.3 Å². The third kappa shape index (κ3) is 7.47. The molecule has 0 aromatic heterocycles. The first-order chi connectivity index (χ1) is 8.63. The van der Waals surface area contributed by atoms with Gasteiger partial charge in [-0.3, -0.25) is 4.99 Å². The van der Waals surface area contributed by atoms with Crippen LogP contribution >= 0.6 is 35.6 Å². The molecule has 2 N–H and O–H groups in total. The number of aliphatic imine (C=N–C) groups is 1. The van der Waals surface area contributed by atoms with Crippen molar-refractivity contribution in [2.45, 2.75) is 19.9 Å². The lowest BCUT2D eigenvalue weighted by molar-refractivity contribution is 0.322. The number of nitrogens with zero attached hydrogens (tertiary/aromatic N) is 1. The molecule has 0 aliphatic carbocycles. The van der Waals surface area contributed by atoms with Gasteiger partial charge in [-0.05, 0) is 26.0 Å². The van der Waals surface area contributed by atoms with Crippen molar-refractivity contribution in [3.8, 4) is 5.75 Å². The first-order valence-electron chi connectivity index (χ1n) is 5.98. The zero-order valence-corrected chi connectivity index (χ0v) is 14.5. The number of benzene rings is 1. The van der Waals surface area contributed by atoms with Gasteiger partial charge < -0.3 is 15.4 Å². The Hall–Kier alpha value is -0.690. The summed E-state index contributed by atoms with van der Waals surface area (Å²) in [7, 11) is 1.74. The maximum atomic E-state index is 5.98. The second kappa shape index (κ2) is 10.1. The van der Waals surface area contributed by atoms with Crippen LogP contribution in [0.1, 0.15) is 13.8 Å². The van der Waals surface area contributed by atoms with Gasteiger partial charge in [0.05, 0.1) is 11.6 Å². The standard InChI is InChI=1S/C13H20ClN3O.HI/c1-10(2)17-13(15-3)16-8-9-18-12-7-5-4-6-11(12)14;/h4-7,10H,8-9H2,1-3H3,(H2,15,16,17);1H. The van der Waals surface area contributed by atoms with Crippen LogP contribution in [0.15, 0.2) is 29.3 Å². The van der Waals surface area contributed by atoms with Crippen LogP contribution in [0.2, 0.25) is 5.02 Å². The van der Waals surface area contributed by atoms with Crippen molar-refractivity contribution < 1.29 is 4.74 Å². The lowest BCUT2D eigenvalue weighted by Gasteiger charge is -2.14. The average molecular weight is 398 g/mol. The minimum atomic E-state index is 0. The van der Waals surface area contributed by atoms with E-state index < -0.39 is 0 Å². The Balaban J connectivity index is 0.00000324. The third-order valence-corrected chi connectivity index (χ3v) is 2.45. The molecule has 0 spiro atoms. The fraction of sp³-hybridized carbons (Fsp3) is 0.462. The fourth-order valence-corrected chi connectivity index (χ4v) is 1.55. The minimum absolute atomic E-state index is 0. The van der Waals surface area contributed by atoms with Crippen molar-refractivity contribution >= 4 is 41.5 Å². The molecule has 0 amide bonds. The first-order valence-corrected chi connectivity index (χ1v) is 6.35. The van der Waals surface area contributed by atoms with E-state index >= 15 is 0 Å². The lowest BCUT2D eigenvalue weighted by atomic mass is 10.3. The normalized spacial score (nSPS) is 10.9. The number of rotatable bonds is 5. The van der Waals surface area contributed by atoms with Crippen molar-refractivity contribution in [2.24, 2.45) is 4.99 Å². The Morgan fingerprint density at radius 2 is 2.05 bits per heavy atom. The van der Waals surface area contributed by atoms with Gasteiger partial charge in [0.1, 0.15) is 12.4 Å². The Labute approximate surface area is 137 Å². The predicted molar refractivity (Wildman–Crippen MR) is 92.0 cm³/mol. The maximum Gasteiger partial charge on any atom is 0.191 e. The third-order valence-electron chi connectivity index (χ3n) is 2.14. The Kier molecular flexibility index (Phi) is 9.77. The summed E-state index contributed by atoms with van der Waals surface area (Å²) in [6.45, 7) is 5.32. The van der Waals surface area contributed by atoms with Gasteiger partial charge in [-0.15, -0.1) is 24.0 Å². The summed E-state index contributed by atoms with van der Waals surface area (Å²) in [5.74, 6) is 1.47. The Bertz CT molecular complexity index is 399. The Morgan fingerprint density at radius 3 is 2.63 bits per heavy atom. The highest BCUT2D eigenvalue weighted by Gasteiger charge is 2.01. The molecule has 0 fully saturated rings. The van der Waals surface area contributed by atoms with E-state index in [1.165, 1.54) is 0 Å². The van der Waals surface area contributed by atoms with E-state index in [1.807, 2.05) is 24.3 Å². The molecule has 0 heterocycles. The fourth-order valence-electron chi connectivity index (χ4n) is 1.36. The second-order valence-electron chi connectivity index (χ2n) is 4.08. The molecular weight excluding hydrogens is 377 g/mol. The molecule has 0 saturated carbocycles. The Morgan fingerprint density at radius 1 is 1.37 bits per heavy atom. The van der Waals surface area contributed by atoms with Crippen LogP contribution in [0.25, 0.3) is 0 Å². The lowest BCUT2D eigenvalue weighted by Crippen LogP contribution is -2.42. The van der Waals surface area contributed by atoms with Gasteiger partial charge >= 0.3 is 0 Å². The zero-order valence-electron chi connectivity index (χ0n) is 11.4. The van der Waals surface area contributed by atoms with Crippen LogP contribution in [-0.4, -0.2) is 32.2 Å². The summed E-state index contributed by atoms with van der Waals surface area (Å²) in [5.41, 5.74) is 0. The summed E-state index contributed by atoms with van der Waals surface area (Å²) >= 11 is 5.98. The zero-order chi connectivity index (χ0) is 13.4. The van der Waals surface area contributed by atoms with Crippen molar-refractivity contribution in [2.75, 3.05) is 20.2 Å². The van der Waals surface area contributed by atoms with E-state index in [0.29, 0.717) is 30.0 Å².